The number of likely N-dealkylation sites (tertiary alicyclic amines) is 1. The number of hydrogen-bond donors (Lipinski definition) is 0. The maximum atomic E-state index is 5.48. The molecule has 0 bridgehead atoms. The van der Waals surface area contributed by atoms with Gasteiger partial charge >= 0.3 is 0 Å². The fourth-order valence-corrected chi connectivity index (χ4v) is 5.45. The number of aryl methyl sites for hydroxylation is 1. The second-order valence-electron chi connectivity index (χ2n) is 9.48. The average molecular weight is 439 g/mol. The van der Waals surface area contributed by atoms with Crippen LogP contribution >= 0.6 is 0 Å². The molecule has 1 aliphatic heterocycles. The molecule has 1 saturated heterocycles. The van der Waals surface area contributed by atoms with Crippen LogP contribution in [-0.2, 0) is 6.54 Å². The highest BCUT2D eigenvalue weighted by molar-refractivity contribution is 6.07. The van der Waals surface area contributed by atoms with Gasteiger partial charge < -0.3 is 9.47 Å². The zero-order chi connectivity index (χ0) is 22.9. The van der Waals surface area contributed by atoms with Gasteiger partial charge in [-0.1, -0.05) is 67.3 Å². The molecule has 2 heteroatoms. The van der Waals surface area contributed by atoms with Crippen molar-refractivity contribution >= 4 is 21.8 Å². The van der Waals surface area contributed by atoms with Gasteiger partial charge in [-0.05, 0) is 88.4 Å². The van der Waals surface area contributed by atoms with E-state index >= 15 is 0 Å². The topological polar surface area (TPSA) is 8.17 Å². The molecule has 2 heterocycles. The predicted octanol–water partition coefficient (Wildman–Crippen LogP) is 7.59. The first kappa shape index (κ1) is 23.4. The Hall–Kier alpha value is -2.76. The highest BCUT2D eigenvalue weighted by Crippen LogP contribution is 2.29. The second-order valence-corrected chi connectivity index (χ2v) is 9.48. The van der Waals surface area contributed by atoms with Crippen LogP contribution in [0.5, 0.6) is 0 Å². The summed E-state index contributed by atoms with van der Waals surface area (Å²) < 4.78 is 2.52. The Morgan fingerprint density at radius 2 is 1.52 bits per heavy atom. The maximum absolute atomic E-state index is 5.48. The maximum Gasteiger partial charge on any atom is 0.0491 e. The normalized spacial score (nSPS) is 16.2. The number of benzene rings is 2. The number of aromatic nitrogens is 1. The molecule has 0 atom stereocenters. The third kappa shape index (κ3) is 5.98. The van der Waals surface area contributed by atoms with Crippen LogP contribution in [0.3, 0.4) is 0 Å². The monoisotopic (exact) mass is 438 g/mol. The third-order valence-corrected chi connectivity index (χ3v) is 7.17. The van der Waals surface area contributed by atoms with Crippen LogP contribution < -0.4 is 0 Å². The Morgan fingerprint density at radius 1 is 0.909 bits per heavy atom. The van der Waals surface area contributed by atoms with Crippen molar-refractivity contribution < 1.29 is 0 Å². The smallest absolute Gasteiger partial charge is 0.0491 e. The molecule has 4 rings (SSSR count). The van der Waals surface area contributed by atoms with E-state index in [-0.39, 0.29) is 0 Å². The van der Waals surface area contributed by atoms with Gasteiger partial charge in [0.15, 0.2) is 0 Å². The summed E-state index contributed by atoms with van der Waals surface area (Å²) in [4.78, 5) is 2.67. The lowest BCUT2D eigenvalue weighted by molar-refractivity contribution is 0.181. The van der Waals surface area contributed by atoms with Gasteiger partial charge in [0.2, 0.25) is 0 Å². The molecule has 0 amide bonds. The van der Waals surface area contributed by atoms with E-state index in [9.17, 15) is 0 Å². The van der Waals surface area contributed by atoms with Gasteiger partial charge in [0.1, 0.15) is 0 Å². The number of unbranched alkanes of at least 4 members (excludes halogenated alkanes) is 3. The van der Waals surface area contributed by atoms with E-state index in [2.05, 4.69) is 83.0 Å². The van der Waals surface area contributed by atoms with Crippen molar-refractivity contribution in [3.8, 4) is 12.3 Å². The van der Waals surface area contributed by atoms with Crippen molar-refractivity contribution in [2.24, 2.45) is 5.92 Å². The standard InChI is InChI=1S/C31H38N2/c1-3-13-26(14-4-2)25-27-19-23-32(24-20-27)21-11-5-6-12-22-33-30-17-9-7-15-28(30)29-16-8-10-18-31(29)33/h1,4,7-10,13-18,27H,5-6,11-12,19-25H2,2H3/b14-4-,26-13+. The largest absolute Gasteiger partial charge is 0.340 e. The van der Waals surface area contributed by atoms with Gasteiger partial charge in [-0.3, -0.25) is 0 Å². The highest BCUT2D eigenvalue weighted by atomic mass is 15.1. The average Bonchev–Trinajstić information content (AvgIpc) is 3.16. The Labute approximate surface area is 200 Å². The van der Waals surface area contributed by atoms with E-state index in [0.717, 1.165) is 18.9 Å². The Morgan fingerprint density at radius 3 is 2.12 bits per heavy atom. The van der Waals surface area contributed by atoms with Crippen molar-refractivity contribution in [1.29, 1.82) is 0 Å². The molecule has 1 aliphatic rings. The molecule has 2 nitrogen and oxygen atoms in total. The number of rotatable bonds is 10. The SMILES string of the molecule is C#C/C=C(\C=C/C)CC1CCN(CCCCCCn2c3ccccc3c3ccccc32)CC1. The Bertz CT molecular complexity index is 1080. The summed E-state index contributed by atoms with van der Waals surface area (Å²) in [7, 11) is 0. The van der Waals surface area contributed by atoms with E-state index in [1.807, 2.05) is 6.08 Å². The summed E-state index contributed by atoms with van der Waals surface area (Å²) in [5, 5.41) is 2.76. The minimum atomic E-state index is 0.781. The number of allylic oxidation sites excluding steroid dienone is 4. The number of fused-ring (bicyclic) bond motifs is 3. The van der Waals surface area contributed by atoms with Crippen molar-refractivity contribution in [1.82, 2.24) is 9.47 Å². The zero-order valence-corrected chi connectivity index (χ0v) is 20.2. The third-order valence-electron chi connectivity index (χ3n) is 7.17. The minimum absolute atomic E-state index is 0.781. The summed E-state index contributed by atoms with van der Waals surface area (Å²) in [6.07, 6.45) is 20.6. The number of terminal acetylenes is 1. The van der Waals surface area contributed by atoms with Crippen LogP contribution in [0.4, 0.5) is 0 Å². The molecule has 3 aromatic rings. The van der Waals surface area contributed by atoms with Gasteiger partial charge in [0.25, 0.3) is 0 Å². The summed E-state index contributed by atoms with van der Waals surface area (Å²) in [5.74, 6) is 3.48. The Balaban J connectivity index is 1.17. The molecule has 1 fully saturated rings. The van der Waals surface area contributed by atoms with Crippen LogP contribution in [0, 0.1) is 18.3 Å². The first-order valence-corrected chi connectivity index (χ1v) is 12.8. The second kappa shape index (κ2) is 11.9. The molecule has 0 unspecified atom stereocenters. The minimum Gasteiger partial charge on any atom is -0.340 e. The van der Waals surface area contributed by atoms with E-state index < -0.39 is 0 Å². The first-order chi connectivity index (χ1) is 16.3. The van der Waals surface area contributed by atoms with Gasteiger partial charge in [-0.2, -0.15) is 0 Å². The lowest BCUT2D eigenvalue weighted by Crippen LogP contribution is -2.34. The summed E-state index contributed by atoms with van der Waals surface area (Å²) >= 11 is 0. The van der Waals surface area contributed by atoms with E-state index in [1.165, 1.54) is 85.5 Å². The molecular weight excluding hydrogens is 400 g/mol. The quantitative estimate of drug-likeness (QED) is 0.180. The summed E-state index contributed by atoms with van der Waals surface area (Å²) in [5.41, 5.74) is 4.05. The van der Waals surface area contributed by atoms with Crippen LogP contribution in [0.25, 0.3) is 21.8 Å². The summed E-state index contributed by atoms with van der Waals surface area (Å²) in [6.45, 7) is 6.91. The van der Waals surface area contributed by atoms with Gasteiger partial charge in [0, 0.05) is 28.4 Å². The number of nitrogens with zero attached hydrogens (tertiary/aromatic N) is 2. The molecule has 172 valence electrons. The molecule has 0 aliphatic carbocycles. The highest BCUT2D eigenvalue weighted by Gasteiger charge is 2.19. The van der Waals surface area contributed by atoms with Crippen molar-refractivity contribution in [2.75, 3.05) is 19.6 Å². The molecule has 1 aromatic heterocycles. The number of piperidine rings is 1. The van der Waals surface area contributed by atoms with Crippen LogP contribution in [0.1, 0.15) is 51.9 Å². The molecule has 0 spiro atoms. The molecule has 0 saturated carbocycles. The number of para-hydroxylation sites is 2. The molecule has 0 N–H and O–H groups in total. The van der Waals surface area contributed by atoms with Gasteiger partial charge in [-0.25, -0.2) is 0 Å². The van der Waals surface area contributed by atoms with Gasteiger partial charge in [0.05, 0.1) is 0 Å². The van der Waals surface area contributed by atoms with Crippen LogP contribution in [0.15, 0.2) is 72.3 Å². The lowest BCUT2D eigenvalue weighted by Gasteiger charge is -2.32. The predicted molar refractivity (Wildman–Crippen MR) is 143 cm³/mol. The summed E-state index contributed by atoms with van der Waals surface area (Å²) in [6, 6.07) is 17.7. The lowest BCUT2D eigenvalue weighted by atomic mass is 9.89. The first-order valence-electron chi connectivity index (χ1n) is 12.8. The van der Waals surface area contributed by atoms with E-state index in [4.69, 9.17) is 6.42 Å². The van der Waals surface area contributed by atoms with Crippen LogP contribution in [0.2, 0.25) is 0 Å². The fourth-order valence-electron chi connectivity index (χ4n) is 5.45. The van der Waals surface area contributed by atoms with E-state index in [1.54, 1.807) is 0 Å². The molecule has 2 aromatic carbocycles. The van der Waals surface area contributed by atoms with Crippen LogP contribution in [-0.4, -0.2) is 29.1 Å². The number of hydrogen-bond acceptors (Lipinski definition) is 1. The fraction of sp³-hybridized carbons (Fsp3) is 0.419. The van der Waals surface area contributed by atoms with E-state index in [0.29, 0.717) is 0 Å². The molecular formula is C31H38N2. The van der Waals surface area contributed by atoms with Gasteiger partial charge in [-0.15, -0.1) is 6.42 Å². The Kier molecular flexibility index (Phi) is 8.45. The molecule has 0 radical (unpaired) electrons. The van der Waals surface area contributed by atoms with Crippen molar-refractivity contribution in [3.05, 3.63) is 72.3 Å². The zero-order valence-electron chi connectivity index (χ0n) is 20.2. The molecule has 33 heavy (non-hydrogen) atoms. The van der Waals surface area contributed by atoms with Crippen molar-refractivity contribution in [3.63, 3.8) is 0 Å². The van der Waals surface area contributed by atoms with Crippen molar-refractivity contribution in [2.45, 2.75) is 58.4 Å².